The summed E-state index contributed by atoms with van der Waals surface area (Å²) < 4.78 is 0. The van der Waals surface area contributed by atoms with Gasteiger partial charge in [0.05, 0.1) is 12.3 Å². The number of nitrogens with zero attached hydrogens (tertiary/aromatic N) is 2. The number of hydrazone groups is 1. The van der Waals surface area contributed by atoms with Gasteiger partial charge in [-0.05, 0) is 35.4 Å². The smallest absolute Gasteiger partial charge is 0.212 e. The van der Waals surface area contributed by atoms with Gasteiger partial charge in [-0.25, -0.2) is 10.4 Å². The number of allylic oxidation sites excluding steroid dienone is 2. The molecule has 0 atom stereocenters. The third-order valence-electron chi connectivity index (χ3n) is 3.53. The van der Waals surface area contributed by atoms with Gasteiger partial charge in [-0.2, -0.15) is 5.10 Å². The number of hydrogen-bond acceptors (Lipinski definition) is 4. The third kappa shape index (κ3) is 6.50. The first-order valence-corrected chi connectivity index (χ1v) is 8.46. The molecule has 0 aromatic heterocycles. The van der Waals surface area contributed by atoms with Crippen LogP contribution in [0, 0.1) is 0 Å². The van der Waals surface area contributed by atoms with Gasteiger partial charge >= 0.3 is 0 Å². The standard InChI is InChI=1S/C20H19ClN4.BrH/c21-18-10-6-17(7-11-18)9-13-19(24-25-20-22-14-15-23-20)12-8-16-4-2-1-3-5-16;/h1-13H,14-15H2,(H2,22,23,25);1H/b12-8+,13-9+,24-19+;. The van der Waals surface area contributed by atoms with E-state index in [4.69, 9.17) is 11.6 Å². The van der Waals surface area contributed by atoms with Crippen molar-refractivity contribution in [3.05, 3.63) is 82.9 Å². The SMILES string of the molecule is Br.Clc1ccc(/C=C/C(/C=C/c2ccccc2)=N/NC2=NCCN2)cc1. The molecule has 0 saturated heterocycles. The van der Waals surface area contributed by atoms with Crippen molar-refractivity contribution in [2.75, 3.05) is 13.1 Å². The molecule has 0 unspecified atom stereocenters. The third-order valence-corrected chi connectivity index (χ3v) is 3.78. The predicted octanol–water partition coefficient (Wildman–Crippen LogP) is 4.55. The highest BCUT2D eigenvalue weighted by atomic mass is 79.9. The number of halogens is 2. The Labute approximate surface area is 169 Å². The molecule has 1 aliphatic rings. The number of nitrogens with one attached hydrogen (secondary N) is 2. The Balaban J connectivity index is 0.00000243. The second-order valence-corrected chi connectivity index (χ2v) is 5.87. The average molecular weight is 432 g/mol. The van der Waals surface area contributed by atoms with Gasteiger partial charge in [-0.1, -0.05) is 66.2 Å². The molecule has 2 aromatic carbocycles. The number of rotatable bonds is 5. The minimum atomic E-state index is 0. The van der Waals surface area contributed by atoms with E-state index in [9.17, 15) is 0 Å². The highest BCUT2D eigenvalue weighted by molar-refractivity contribution is 8.93. The highest BCUT2D eigenvalue weighted by Gasteiger charge is 2.02. The zero-order chi connectivity index (χ0) is 17.3. The van der Waals surface area contributed by atoms with Crippen LogP contribution in [-0.2, 0) is 0 Å². The quantitative estimate of drug-likeness (QED) is 0.539. The molecule has 3 rings (SSSR count). The van der Waals surface area contributed by atoms with Crippen LogP contribution < -0.4 is 10.7 Å². The Morgan fingerprint density at radius 2 is 1.65 bits per heavy atom. The van der Waals surface area contributed by atoms with E-state index < -0.39 is 0 Å². The van der Waals surface area contributed by atoms with Crippen LogP contribution >= 0.6 is 28.6 Å². The Morgan fingerprint density at radius 1 is 1.00 bits per heavy atom. The van der Waals surface area contributed by atoms with Crippen molar-refractivity contribution in [3.63, 3.8) is 0 Å². The van der Waals surface area contributed by atoms with Crippen molar-refractivity contribution >= 4 is 52.4 Å². The molecule has 0 spiro atoms. The maximum Gasteiger partial charge on any atom is 0.212 e. The lowest BCUT2D eigenvalue weighted by molar-refractivity contribution is 0.918. The summed E-state index contributed by atoms with van der Waals surface area (Å²) in [5, 5.41) is 8.29. The molecule has 0 bridgehead atoms. The fourth-order valence-corrected chi connectivity index (χ4v) is 2.35. The Kier molecular flexibility index (Phi) is 8.12. The van der Waals surface area contributed by atoms with Crippen LogP contribution in [0.5, 0.6) is 0 Å². The first kappa shape index (κ1) is 19.9. The topological polar surface area (TPSA) is 48.8 Å². The zero-order valence-corrected chi connectivity index (χ0v) is 16.6. The number of aliphatic imine (C=N–C) groups is 1. The second kappa shape index (κ2) is 10.6. The van der Waals surface area contributed by atoms with Crippen molar-refractivity contribution in [1.82, 2.24) is 10.7 Å². The van der Waals surface area contributed by atoms with E-state index >= 15 is 0 Å². The van der Waals surface area contributed by atoms with Gasteiger partial charge in [0.2, 0.25) is 5.96 Å². The molecular formula is C20H20BrClN4. The molecule has 2 N–H and O–H groups in total. The van der Waals surface area contributed by atoms with Gasteiger partial charge in [-0.3, -0.25) is 0 Å². The van der Waals surface area contributed by atoms with Gasteiger partial charge < -0.3 is 5.32 Å². The maximum atomic E-state index is 5.93. The molecule has 1 aliphatic heterocycles. The summed E-state index contributed by atoms with van der Waals surface area (Å²) in [5.41, 5.74) is 5.93. The summed E-state index contributed by atoms with van der Waals surface area (Å²) in [6.45, 7) is 1.61. The largest absolute Gasteiger partial charge is 0.353 e. The summed E-state index contributed by atoms with van der Waals surface area (Å²) in [6, 6.07) is 17.8. The van der Waals surface area contributed by atoms with E-state index in [0.717, 1.165) is 35.0 Å². The molecule has 4 nitrogen and oxygen atoms in total. The summed E-state index contributed by atoms with van der Waals surface area (Å²) >= 11 is 5.93. The van der Waals surface area contributed by atoms with E-state index in [1.807, 2.05) is 78.9 Å². The van der Waals surface area contributed by atoms with Gasteiger partial charge in [0.25, 0.3) is 0 Å². The lowest BCUT2D eigenvalue weighted by Crippen LogP contribution is -2.30. The Bertz CT molecular complexity index is 811. The van der Waals surface area contributed by atoms with E-state index in [2.05, 4.69) is 20.8 Å². The van der Waals surface area contributed by atoms with Crippen LogP contribution in [0.1, 0.15) is 11.1 Å². The zero-order valence-electron chi connectivity index (χ0n) is 14.1. The first-order valence-electron chi connectivity index (χ1n) is 8.08. The lowest BCUT2D eigenvalue weighted by atomic mass is 10.1. The summed E-state index contributed by atoms with van der Waals surface area (Å²) in [4.78, 5) is 4.28. The number of hydrogen-bond donors (Lipinski definition) is 2. The molecule has 0 aliphatic carbocycles. The van der Waals surface area contributed by atoms with Crippen LogP contribution in [0.2, 0.25) is 5.02 Å². The average Bonchev–Trinajstić information content (AvgIpc) is 3.17. The second-order valence-electron chi connectivity index (χ2n) is 5.43. The van der Waals surface area contributed by atoms with E-state index in [0.29, 0.717) is 5.96 Å². The molecule has 0 radical (unpaired) electrons. The minimum Gasteiger partial charge on any atom is -0.353 e. The van der Waals surface area contributed by atoms with Gasteiger partial charge in [0.15, 0.2) is 0 Å². The van der Waals surface area contributed by atoms with E-state index in [-0.39, 0.29) is 17.0 Å². The first-order chi connectivity index (χ1) is 12.3. The fourth-order valence-electron chi connectivity index (χ4n) is 2.22. The van der Waals surface area contributed by atoms with Crippen LogP contribution in [0.4, 0.5) is 0 Å². The molecule has 1 heterocycles. The summed E-state index contributed by atoms with van der Waals surface area (Å²) in [5.74, 6) is 0.700. The van der Waals surface area contributed by atoms with E-state index in [1.165, 1.54) is 0 Å². The summed E-state index contributed by atoms with van der Waals surface area (Å²) in [6.07, 6.45) is 7.93. The van der Waals surface area contributed by atoms with Crippen LogP contribution in [0.15, 0.2) is 76.8 Å². The molecule has 2 aromatic rings. The van der Waals surface area contributed by atoms with Crippen LogP contribution in [-0.4, -0.2) is 24.8 Å². The van der Waals surface area contributed by atoms with Gasteiger partial charge in [0, 0.05) is 11.6 Å². The highest BCUT2D eigenvalue weighted by Crippen LogP contribution is 2.11. The molecule has 0 saturated carbocycles. The van der Waals surface area contributed by atoms with Crippen molar-refractivity contribution < 1.29 is 0 Å². The molecule has 26 heavy (non-hydrogen) atoms. The van der Waals surface area contributed by atoms with Crippen molar-refractivity contribution in [2.45, 2.75) is 0 Å². The van der Waals surface area contributed by atoms with Crippen molar-refractivity contribution in [3.8, 4) is 0 Å². The molecule has 6 heteroatoms. The molecule has 134 valence electrons. The van der Waals surface area contributed by atoms with Gasteiger partial charge in [-0.15, -0.1) is 17.0 Å². The lowest BCUT2D eigenvalue weighted by Gasteiger charge is -2.01. The fraction of sp³-hybridized carbons (Fsp3) is 0.100. The summed E-state index contributed by atoms with van der Waals surface area (Å²) in [7, 11) is 0. The van der Waals surface area contributed by atoms with Crippen molar-refractivity contribution in [2.24, 2.45) is 10.1 Å². The Hall–Kier alpha value is -2.37. The molecular weight excluding hydrogens is 412 g/mol. The normalized spacial score (nSPS) is 14.2. The molecule has 0 amide bonds. The van der Waals surface area contributed by atoms with Gasteiger partial charge in [0.1, 0.15) is 0 Å². The number of benzene rings is 2. The predicted molar refractivity (Wildman–Crippen MR) is 117 cm³/mol. The van der Waals surface area contributed by atoms with E-state index in [1.54, 1.807) is 0 Å². The minimum absolute atomic E-state index is 0. The number of guanidine groups is 1. The maximum absolute atomic E-state index is 5.93. The van der Waals surface area contributed by atoms with Crippen LogP contribution in [0.3, 0.4) is 0 Å². The Morgan fingerprint density at radius 3 is 2.27 bits per heavy atom. The molecule has 0 fully saturated rings. The van der Waals surface area contributed by atoms with Crippen LogP contribution in [0.25, 0.3) is 12.2 Å². The monoisotopic (exact) mass is 430 g/mol. The van der Waals surface area contributed by atoms with Crippen molar-refractivity contribution in [1.29, 1.82) is 0 Å².